The first-order chi connectivity index (χ1) is 8.77. The van der Waals surface area contributed by atoms with E-state index in [4.69, 9.17) is 14.2 Å². The molecule has 0 amide bonds. The third kappa shape index (κ3) is 3.00. The summed E-state index contributed by atoms with van der Waals surface area (Å²) in [5.41, 5.74) is 2.32. The van der Waals surface area contributed by atoms with E-state index in [0.29, 0.717) is 6.61 Å². The minimum absolute atomic E-state index is 0.670. The molecule has 5 heteroatoms. The molecule has 0 saturated carbocycles. The van der Waals surface area contributed by atoms with E-state index < -0.39 is 0 Å². The number of rotatable bonds is 6. The van der Waals surface area contributed by atoms with Crippen LogP contribution in [-0.2, 0) is 16.5 Å². The third-order valence-electron chi connectivity index (χ3n) is 2.85. The van der Waals surface area contributed by atoms with Gasteiger partial charge in [-0.3, -0.25) is 0 Å². The van der Waals surface area contributed by atoms with Crippen molar-refractivity contribution in [1.29, 1.82) is 0 Å². The van der Waals surface area contributed by atoms with E-state index >= 15 is 0 Å². The lowest BCUT2D eigenvalue weighted by atomic mass is 10.1. The summed E-state index contributed by atoms with van der Waals surface area (Å²) in [4.78, 5) is 0. The Kier molecular flexibility index (Phi) is 5.33. The van der Waals surface area contributed by atoms with Gasteiger partial charge >= 0.3 is 0 Å². The van der Waals surface area contributed by atoms with E-state index in [2.05, 4.69) is 37.9 Å². The van der Waals surface area contributed by atoms with Gasteiger partial charge in [0.2, 0.25) is 0 Å². The highest BCUT2D eigenvalue weighted by Gasteiger charge is 2.22. The summed E-state index contributed by atoms with van der Waals surface area (Å²) in [6.07, 6.45) is 1.81. The summed E-state index contributed by atoms with van der Waals surface area (Å²) in [7, 11) is 1.70. The molecule has 1 aromatic carbocycles. The molecular formula is C13H16Br2O3. The Morgan fingerprint density at radius 1 is 1.39 bits per heavy atom. The zero-order chi connectivity index (χ0) is 13.0. The van der Waals surface area contributed by atoms with Crippen molar-refractivity contribution in [2.75, 3.05) is 26.9 Å². The van der Waals surface area contributed by atoms with Gasteiger partial charge in [-0.25, -0.2) is 0 Å². The Hall–Kier alpha value is -0.260. The van der Waals surface area contributed by atoms with Crippen molar-refractivity contribution in [3.05, 3.63) is 21.7 Å². The van der Waals surface area contributed by atoms with Gasteiger partial charge in [0.15, 0.2) is 0 Å². The van der Waals surface area contributed by atoms with Crippen LogP contribution >= 0.6 is 31.9 Å². The van der Waals surface area contributed by atoms with Gasteiger partial charge in [0, 0.05) is 37.5 Å². The predicted molar refractivity (Wildman–Crippen MR) is 78.0 cm³/mol. The van der Waals surface area contributed by atoms with Gasteiger partial charge in [-0.15, -0.1) is 0 Å². The molecule has 1 aliphatic heterocycles. The van der Waals surface area contributed by atoms with Crippen LogP contribution in [0.2, 0.25) is 0 Å². The van der Waals surface area contributed by atoms with E-state index in [9.17, 15) is 0 Å². The lowest BCUT2D eigenvalue weighted by molar-refractivity contribution is 0.172. The van der Waals surface area contributed by atoms with Gasteiger partial charge in [-0.05, 0) is 27.6 Å². The second-order valence-electron chi connectivity index (χ2n) is 4.08. The first-order valence-corrected chi connectivity index (χ1v) is 7.84. The van der Waals surface area contributed by atoms with Crippen LogP contribution in [-0.4, -0.2) is 26.9 Å². The second kappa shape index (κ2) is 6.78. The largest absolute Gasteiger partial charge is 0.493 e. The highest BCUT2D eigenvalue weighted by atomic mass is 79.9. The van der Waals surface area contributed by atoms with Crippen LogP contribution in [0.15, 0.2) is 10.5 Å². The SMILES string of the molecule is COCCCOc1cc(CBr)c(Br)c2c1CCO2. The Labute approximate surface area is 124 Å². The molecule has 100 valence electrons. The van der Waals surface area contributed by atoms with Crippen molar-refractivity contribution in [3.63, 3.8) is 0 Å². The van der Waals surface area contributed by atoms with Gasteiger partial charge < -0.3 is 14.2 Å². The van der Waals surface area contributed by atoms with E-state index in [1.54, 1.807) is 7.11 Å². The van der Waals surface area contributed by atoms with Gasteiger partial charge in [0.05, 0.1) is 17.7 Å². The minimum Gasteiger partial charge on any atom is -0.493 e. The zero-order valence-corrected chi connectivity index (χ0v) is 13.5. The number of hydrogen-bond donors (Lipinski definition) is 0. The molecule has 3 nitrogen and oxygen atoms in total. The van der Waals surface area contributed by atoms with Crippen LogP contribution in [0.3, 0.4) is 0 Å². The minimum atomic E-state index is 0.670. The van der Waals surface area contributed by atoms with Crippen LogP contribution in [0.5, 0.6) is 11.5 Å². The molecule has 0 bridgehead atoms. The number of hydrogen-bond acceptors (Lipinski definition) is 3. The van der Waals surface area contributed by atoms with E-state index in [1.165, 1.54) is 5.56 Å². The second-order valence-corrected chi connectivity index (χ2v) is 5.44. The van der Waals surface area contributed by atoms with Crippen LogP contribution in [0.1, 0.15) is 17.5 Å². The van der Waals surface area contributed by atoms with Gasteiger partial charge in [-0.2, -0.15) is 0 Å². The van der Waals surface area contributed by atoms with E-state index in [1.807, 2.05) is 0 Å². The Bertz CT molecular complexity index is 421. The number of alkyl halides is 1. The molecule has 0 aliphatic carbocycles. The standard InChI is InChI=1S/C13H16Br2O3/c1-16-4-2-5-17-11-7-9(8-14)12(15)13-10(11)3-6-18-13/h7H,2-6,8H2,1H3. The van der Waals surface area contributed by atoms with Crippen molar-refractivity contribution in [3.8, 4) is 11.5 Å². The van der Waals surface area contributed by atoms with Crippen molar-refractivity contribution in [2.45, 2.75) is 18.2 Å². The van der Waals surface area contributed by atoms with E-state index in [-0.39, 0.29) is 0 Å². The summed E-state index contributed by atoms with van der Waals surface area (Å²) < 4.78 is 17.6. The molecule has 2 rings (SSSR count). The number of fused-ring (bicyclic) bond motifs is 1. The molecule has 18 heavy (non-hydrogen) atoms. The molecule has 0 aromatic heterocycles. The molecule has 1 aliphatic rings. The van der Waals surface area contributed by atoms with Gasteiger partial charge in [-0.1, -0.05) is 15.9 Å². The van der Waals surface area contributed by atoms with Crippen molar-refractivity contribution in [1.82, 2.24) is 0 Å². The summed E-state index contributed by atoms with van der Waals surface area (Å²) in [6, 6.07) is 2.08. The Morgan fingerprint density at radius 2 is 2.22 bits per heavy atom. The lowest BCUT2D eigenvalue weighted by Gasteiger charge is -2.13. The van der Waals surface area contributed by atoms with Crippen molar-refractivity contribution < 1.29 is 14.2 Å². The normalized spacial score (nSPS) is 13.3. The molecule has 1 aromatic rings. The fraction of sp³-hybridized carbons (Fsp3) is 0.538. The molecule has 0 atom stereocenters. The number of ether oxygens (including phenoxy) is 3. The Morgan fingerprint density at radius 3 is 2.94 bits per heavy atom. The summed E-state index contributed by atoms with van der Waals surface area (Å²) in [6.45, 7) is 2.12. The van der Waals surface area contributed by atoms with E-state index in [0.717, 1.165) is 52.9 Å². The van der Waals surface area contributed by atoms with Gasteiger partial charge in [0.1, 0.15) is 11.5 Å². The fourth-order valence-corrected chi connectivity index (χ4v) is 3.38. The maximum absolute atomic E-state index is 5.85. The lowest BCUT2D eigenvalue weighted by Crippen LogP contribution is -2.03. The first-order valence-electron chi connectivity index (χ1n) is 5.92. The monoisotopic (exact) mass is 378 g/mol. The fourth-order valence-electron chi connectivity index (χ4n) is 1.95. The number of benzene rings is 1. The molecular weight excluding hydrogens is 364 g/mol. The quantitative estimate of drug-likeness (QED) is 0.557. The molecule has 0 saturated heterocycles. The smallest absolute Gasteiger partial charge is 0.140 e. The number of halogens is 2. The van der Waals surface area contributed by atoms with Gasteiger partial charge in [0.25, 0.3) is 0 Å². The maximum atomic E-state index is 5.85. The molecule has 1 heterocycles. The molecule has 0 N–H and O–H groups in total. The van der Waals surface area contributed by atoms with Crippen molar-refractivity contribution >= 4 is 31.9 Å². The molecule has 0 fully saturated rings. The Balaban J connectivity index is 2.16. The first kappa shape index (κ1) is 14.2. The molecule has 0 radical (unpaired) electrons. The molecule has 0 spiro atoms. The highest BCUT2D eigenvalue weighted by Crippen LogP contribution is 2.42. The van der Waals surface area contributed by atoms with Crippen LogP contribution in [0.25, 0.3) is 0 Å². The van der Waals surface area contributed by atoms with Crippen LogP contribution in [0.4, 0.5) is 0 Å². The third-order valence-corrected chi connectivity index (χ3v) is 4.32. The summed E-state index contributed by atoms with van der Waals surface area (Å²) in [5.74, 6) is 1.88. The number of methoxy groups -OCH3 is 1. The average Bonchev–Trinajstić information content (AvgIpc) is 2.87. The summed E-state index contributed by atoms with van der Waals surface area (Å²) in [5, 5.41) is 0.776. The van der Waals surface area contributed by atoms with Crippen LogP contribution in [0, 0.1) is 0 Å². The zero-order valence-electron chi connectivity index (χ0n) is 10.3. The highest BCUT2D eigenvalue weighted by molar-refractivity contribution is 9.11. The van der Waals surface area contributed by atoms with Crippen molar-refractivity contribution in [2.24, 2.45) is 0 Å². The topological polar surface area (TPSA) is 27.7 Å². The summed E-state index contributed by atoms with van der Waals surface area (Å²) >= 11 is 7.07. The van der Waals surface area contributed by atoms with Crippen LogP contribution < -0.4 is 9.47 Å². The maximum Gasteiger partial charge on any atom is 0.140 e. The average molecular weight is 380 g/mol. The molecule has 0 unspecified atom stereocenters. The predicted octanol–water partition coefficient (Wildman–Crippen LogP) is 3.69.